The van der Waals surface area contributed by atoms with E-state index in [-0.39, 0.29) is 5.54 Å². The summed E-state index contributed by atoms with van der Waals surface area (Å²) >= 11 is 6.04. The van der Waals surface area contributed by atoms with E-state index in [4.69, 9.17) is 16.6 Å². The van der Waals surface area contributed by atoms with Gasteiger partial charge in [0.1, 0.15) is 0 Å². The van der Waals surface area contributed by atoms with E-state index < -0.39 is 0 Å². The van der Waals surface area contributed by atoms with Crippen LogP contribution in [0.15, 0.2) is 29.3 Å². The van der Waals surface area contributed by atoms with Gasteiger partial charge in [0.2, 0.25) is 0 Å². The average molecular weight is 234 g/mol. The highest BCUT2D eigenvalue weighted by Crippen LogP contribution is 2.40. The van der Waals surface area contributed by atoms with Crippen LogP contribution in [0.2, 0.25) is 0 Å². The quantitative estimate of drug-likeness (QED) is 0.658. The maximum Gasteiger partial charge on any atom is 0.0652 e. The Hall–Kier alpha value is -0.820. The van der Waals surface area contributed by atoms with Crippen molar-refractivity contribution in [3.8, 4) is 0 Å². The van der Waals surface area contributed by atoms with Crippen LogP contribution in [0.3, 0.4) is 0 Å². The second-order valence-electron chi connectivity index (χ2n) is 4.96. The van der Waals surface area contributed by atoms with Crippen LogP contribution >= 0.6 is 11.6 Å². The molecule has 1 fully saturated rings. The van der Waals surface area contributed by atoms with Crippen molar-refractivity contribution in [2.45, 2.75) is 37.6 Å². The third-order valence-corrected chi connectivity index (χ3v) is 4.13. The fraction of sp³-hybridized carbons (Fsp3) is 0.500. The topological polar surface area (TPSA) is 12.4 Å². The number of fused-ring (bicyclic) bond motifs is 1. The number of nitrogens with zero attached hydrogens (tertiary/aromatic N) is 1. The molecule has 2 aliphatic rings. The first-order valence-corrected chi connectivity index (χ1v) is 6.59. The molecule has 1 aliphatic heterocycles. The zero-order valence-corrected chi connectivity index (χ0v) is 10.1. The van der Waals surface area contributed by atoms with E-state index in [1.165, 1.54) is 36.8 Å². The molecule has 0 atom stereocenters. The van der Waals surface area contributed by atoms with Gasteiger partial charge in [0.25, 0.3) is 0 Å². The van der Waals surface area contributed by atoms with E-state index in [0.29, 0.717) is 5.88 Å². The van der Waals surface area contributed by atoms with Gasteiger partial charge in [-0.05, 0) is 24.8 Å². The van der Waals surface area contributed by atoms with Crippen LogP contribution in [0.4, 0.5) is 0 Å². The Bertz CT molecular complexity index is 430. The summed E-state index contributed by atoms with van der Waals surface area (Å²) in [6.45, 7) is 0. The molecule has 1 aromatic carbocycles. The first kappa shape index (κ1) is 10.3. The lowest BCUT2D eigenvalue weighted by atomic mass is 9.83. The Kier molecular flexibility index (Phi) is 2.51. The highest BCUT2D eigenvalue weighted by atomic mass is 35.5. The third-order valence-electron chi connectivity index (χ3n) is 3.88. The number of alkyl halides is 1. The lowest BCUT2D eigenvalue weighted by Crippen LogP contribution is -2.32. The first-order chi connectivity index (χ1) is 7.83. The summed E-state index contributed by atoms with van der Waals surface area (Å²) in [6, 6.07) is 8.58. The van der Waals surface area contributed by atoms with E-state index in [0.717, 1.165) is 12.1 Å². The summed E-state index contributed by atoms with van der Waals surface area (Å²) in [5.74, 6) is 0.540. The summed E-state index contributed by atoms with van der Waals surface area (Å²) in [5.41, 5.74) is 4.01. The van der Waals surface area contributed by atoms with Gasteiger partial charge in [-0.2, -0.15) is 0 Å². The summed E-state index contributed by atoms with van der Waals surface area (Å²) in [7, 11) is 0. The number of hydrogen-bond donors (Lipinski definition) is 0. The van der Waals surface area contributed by atoms with Gasteiger partial charge < -0.3 is 0 Å². The average Bonchev–Trinajstić information content (AvgIpc) is 2.76. The minimum absolute atomic E-state index is 0.193. The second-order valence-corrected chi connectivity index (χ2v) is 5.22. The van der Waals surface area contributed by atoms with Crippen molar-refractivity contribution in [3.05, 3.63) is 35.4 Å². The van der Waals surface area contributed by atoms with Crippen LogP contribution in [-0.4, -0.2) is 17.1 Å². The third kappa shape index (κ3) is 1.58. The van der Waals surface area contributed by atoms with Gasteiger partial charge in [0, 0.05) is 5.56 Å². The molecule has 84 valence electrons. The Morgan fingerprint density at radius 3 is 2.69 bits per heavy atom. The van der Waals surface area contributed by atoms with Gasteiger partial charge in [-0.3, -0.25) is 4.99 Å². The van der Waals surface area contributed by atoms with Gasteiger partial charge >= 0.3 is 0 Å². The molecule has 0 bridgehead atoms. The van der Waals surface area contributed by atoms with E-state index in [1.54, 1.807) is 0 Å². The largest absolute Gasteiger partial charge is 0.281 e. The molecule has 1 heterocycles. The van der Waals surface area contributed by atoms with Gasteiger partial charge in [-0.15, -0.1) is 11.6 Å². The predicted molar refractivity (Wildman–Crippen MR) is 68.6 cm³/mol. The molecule has 1 aromatic rings. The van der Waals surface area contributed by atoms with Crippen molar-refractivity contribution in [2.24, 2.45) is 4.99 Å². The Balaban J connectivity index is 2.08. The lowest BCUT2D eigenvalue weighted by molar-refractivity contribution is 0.434. The molecular formula is C14H16ClN. The Morgan fingerprint density at radius 1 is 1.19 bits per heavy atom. The fourth-order valence-electron chi connectivity index (χ4n) is 3.12. The molecule has 3 rings (SSSR count). The fourth-order valence-corrected chi connectivity index (χ4v) is 3.32. The predicted octanol–water partition coefficient (Wildman–Crippen LogP) is 3.58. The molecule has 0 N–H and O–H groups in total. The van der Waals surface area contributed by atoms with Crippen LogP contribution < -0.4 is 0 Å². The molecule has 0 radical (unpaired) electrons. The minimum atomic E-state index is 0.193. The van der Waals surface area contributed by atoms with Crippen LogP contribution in [0.5, 0.6) is 0 Å². The zero-order chi connectivity index (χ0) is 11.0. The molecule has 1 spiro atoms. The lowest BCUT2D eigenvalue weighted by Gasteiger charge is -2.31. The molecule has 0 saturated heterocycles. The number of halogens is 1. The van der Waals surface area contributed by atoms with Crippen LogP contribution in [-0.2, 0) is 6.42 Å². The number of benzene rings is 1. The van der Waals surface area contributed by atoms with Gasteiger partial charge in [-0.1, -0.05) is 37.1 Å². The van der Waals surface area contributed by atoms with E-state index >= 15 is 0 Å². The summed E-state index contributed by atoms with van der Waals surface area (Å²) in [4.78, 5) is 4.96. The summed E-state index contributed by atoms with van der Waals surface area (Å²) < 4.78 is 0. The first-order valence-electron chi connectivity index (χ1n) is 6.06. The molecule has 0 unspecified atom stereocenters. The number of rotatable bonds is 1. The highest BCUT2D eigenvalue weighted by Gasteiger charge is 2.37. The van der Waals surface area contributed by atoms with Crippen LogP contribution in [0, 0.1) is 0 Å². The van der Waals surface area contributed by atoms with E-state index in [9.17, 15) is 0 Å². The monoisotopic (exact) mass is 233 g/mol. The van der Waals surface area contributed by atoms with Crippen LogP contribution in [0.1, 0.15) is 36.8 Å². The van der Waals surface area contributed by atoms with E-state index in [1.807, 2.05) is 0 Å². The summed E-state index contributed by atoms with van der Waals surface area (Å²) in [6.07, 6.45) is 6.23. The standard InChI is InChI=1S/C14H16ClN/c15-10-13-12-6-2-1-5-11(12)9-14(16-13)7-3-4-8-14/h1-2,5-6H,3-4,7-10H2. The minimum Gasteiger partial charge on any atom is -0.281 e. The highest BCUT2D eigenvalue weighted by molar-refractivity contribution is 6.32. The summed E-state index contributed by atoms with van der Waals surface area (Å²) in [5, 5.41) is 0. The van der Waals surface area contributed by atoms with Crippen molar-refractivity contribution in [3.63, 3.8) is 0 Å². The maximum atomic E-state index is 6.04. The number of aliphatic imine (C=N–C) groups is 1. The molecule has 1 saturated carbocycles. The molecule has 1 aliphatic carbocycles. The maximum absolute atomic E-state index is 6.04. The van der Waals surface area contributed by atoms with Gasteiger partial charge in [0.05, 0.1) is 17.1 Å². The second kappa shape index (κ2) is 3.89. The van der Waals surface area contributed by atoms with Gasteiger partial charge in [0.15, 0.2) is 0 Å². The SMILES string of the molecule is ClCC1=NC2(CCCC2)Cc2ccccc21. The van der Waals surface area contributed by atoms with E-state index in [2.05, 4.69) is 24.3 Å². The van der Waals surface area contributed by atoms with Gasteiger partial charge in [-0.25, -0.2) is 0 Å². The molecule has 0 aromatic heterocycles. The Labute approximate surface area is 102 Å². The van der Waals surface area contributed by atoms with Crippen LogP contribution in [0.25, 0.3) is 0 Å². The Morgan fingerprint density at radius 2 is 1.94 bits per heavy atom. The molecule has 2 heteroatoms. The van der Waals surface area contributed by atoms with Crippen molar-refractivity contribution < 1.29 is 0 Å². The van der Waals surface area contributed by atoms with Crippen molar-refractivity contribution in [1.29, 1.82) is 0 Å². The normalized spacial score (nSPS) is 21.9. The van der Waals surface area contributed by atoms with Crippen molar-refractivity contribution >= 4 is 17.3 Å². The number of hydrogen-bond acceptors (Lipinski definition) is 1. The molecule has 0 amide bonds. The van der Waals surface area contributed by atoms with Crippen molar-refractivity contribution in [2.75, 3.05) is 5.88 Å². The smallest absolute Gasteiger partial charge is 0.0652 e. The zero-order valence-electron chi connectivity index (χ0n) is 9.38. The molecular weight excluding hydrogens is 218 g/mol. The molecule has 16 heavy (non-hydrogen) atoms. The van der Waals surface area contributed by atoms with Crippen molar-refractivity contribution in [1.82, 2.24) is 0 Å². The molecule has 1 nitrogen and oxygen atoms in total.